The van der Waals surface area contributed by atoms with E-state index in [1.54, 1.807) is 13.2 Å². The number of nitrogens with zero attached hydrogens (tertiary/aromatic N) is 3. The zero-order chi connectivity index (χ0) is 31.8. The van der Waals surface area contributed by atoms with E-state index in [9.17, 15) is 19.7 Å². The van der Waals surface area contributed by atoms with Crippen LogP contribution in [0.25, 0.3) is 28.3 Å². The van der Waals surface area contributed by atoms with E-state index in [0.29, 0.717) is 27.9 Å². The van der Waals surface area contributed by atoms with E-state index in [-0.39, 0.29) is 34.9 Å². The quantitative estimate of drug-likeness (QED) is 0.0874. The SMILES string of the molecule is CC.Cc1c(-c2cc(-c3ccco3)ccc2C(C)C)nc(SCC(=O)NC2CCCCC2)n(-c2ccc([N+](=O)[O-])cc2)c1=O. The zero-order valence-corrected chi connectivity index (χ0v) is 26.8. The normalized spacial score (nSPS) is 13.3. The van der Waals surface area contributed by atoms with E-state index in [1.807, 2.05) is 44.2 Å². The number of thioether (sulfide) groups is 1. The van der Waals surface area contributed by atoms with Crippen LogP contribution in [-0.2, 0) is 4.79 Å². The Morgan fingerprint density at radius 1 is 1.11 bits per heavy atom. The lowest BCUT2D eigenvalue weighted by Gasteiger charge is -2.23. The molecule has 0 spiro atoms. The van der Waals surface area contributed by atoms with Crippen LogP contribution in [0.1, 0.15) is 76.8 Å². The second-order valence-corrected chi connectivity index (χ2v) is 11.8. The molecule has 0 unspecified atom stereocenters. The summed E-state index contributed by atoms with van der Waals surface area (Å²) in [7, 11) is 0. The van der Waals surface area contributed by atoms with Gasteiger partial charge in [0.05, 0.1) is 28.3 Å². The third kappa shape index (κ3) is 7.48. The molecule has 9 nitrogen and oxygen atoms in total. The predicted molar refractivity (Wildman–Crippen MR) is 176 cm³/mol. The number of nitrogens with one attached hydrogen (secondary N) is 1. The number of carbonyl (C=O) groups is 1. The molecular formula is C34H40N4O5S. The molecule has 2 heterocycles. The summed E-state index contributed by atoms with van der Waals surface area (Å²) >= 11 is 1.18. The Hall–Kier alpha value is -4.18. The van der Waals surface area contributed by atoms with Gasteiger partial charge in [0.2, 0.25) is 5.91 Å². The summed E-state index contributed by atoms with van der Waals surface area (Å²) in [5.74, 6) is 0.835. The molecule has 1 amide bonds. The van der Waals surface area contributed by atoms with Crippen LogP contribution in [0.5, 0.6) is 0 Å². The van der Waals surface area contributed by atoms with E-state index >= 15 is 0 Å². The first-order valence-corrected chi connectivity index (χ1v) is 16.2. The molecule has 1 N–H and O–H groups in total. The number of amides is 1. The smallest absolute Gasteiger partial charge is 0.269 e. The van der Waals surface area contributed by atoms with Crippen molar-refractivity contribution in [1.82, 2.24) is 14.9 Å². The van der Waals surface area contributed by atoms with Gasteiger partial charge in [-0.2, -0.15) is 0 Å². The van der Waals surface area contributed by atoms with Crippen molar-refractivity contribution in [3.63, 3.8) is 0 Å². The Morgan fingerprint density at radius 2 is 1.82 bits per heavy atom. The molecule has 2 aromatic carbocycles. The maximum Gasteiger partial charge on any atom is 0.269 e. The van der Waals surface area contributed by atoms with Crippen LogP contribution < -0.4 is 10.9 Å². The minimum atomic E-state index is -0.482. The number of furan rings is 1. The van der Waals surface area contributed by atoms with Crippen molar-refractivity contribution < 1.29 is 14.1 Å². The van der Waals surface area contributed by atoms with Crippen LogP contribution >= 0.6 is 11.8 Å². The van der Waals surface area contributed by atoms with Crippen LogP contribution in [0.3, 0.4) is 0 Å². The Bertz CT molecular complexity index is 1640. The molecule has 10 heteroatoms. The highest BCUT2D eigenvalue weighted by Gasteiger charge is 2.23. The van der Waals surface area contributed by atoms with Gasteiger partial charge in [-0.05, 0) is 61.6 Å². The Labute approximate surface area is 262 Å². The standard InChI is InChI=1S/C32H34N4O5S.C2H6/c1-20(2)26-16-11-22(28-10-7-17-41-28)18-27(26)30-21(3)31(38)35(24-12-14-25(15-13-24)36(39)40)32(34-30)42-19-29(37)33-23-8-5-4-6-9-23;1-2/h7,10-18,20,23H,4-6,8-9,19H2,1-3H3,(H,33,37);1-2H3. The van der Waals surface area contributed by atoms with E-state index < -0.39 is 4.92 Å². The molecule has 0 saturated heterocycles. The van der Waals surface area contributed by atoms with Crippen molar-refractivity contribution >= 4 is 23.4 Å². The molecule has 44 heavy (non-hydrogen) atoms. The fraction of sp³-hybridized carbons (Fsp3) is 0.382. The van der Waals surface area contributed by atoms with Gasteiger partial charge in [0.1, 0.15) is 5.76 Å². The van der Waals surface area contributed by atoms with Crippen LogP contribution in [-0.4, -0.2) is 32.2 Å². The van der Waals surface area contributed by atoms with Gasteiger partial charge in [-0.15, -0.1) is 0 Å². The van der Waals surface area contributed by atoms with Gasteiger partial charge >= 0.3 is 0 Å². The van der Waals surface area contributed by atoms with Crippen molar-refractivity contribution in [2.45, 2.75) is 83.8 Å². The molecule has 0 atom stereocenters. The Morgan fingerprint density at radius 3 is 2.43 bits per heavy atom. The molecule has 1 aliphatic carbocycles. The second kappa shape index (κ2) is 15.0. The number of nitro groups is 1. The predicted octanol–water partition coefficient (Wildman–Crippen LogP) is 8.07. The number of nitro benzene ring substituents is 1. The lowest BCUT2D eigenvalue weighted by molar-refractivity contribution is -0.384. The maximum absolute atomic E-state index is 14.0. The molecule has 1 fully saturated rings. The van der Waals surface area contributed by atoms with Gasteiger partial charge in [0, 0.05) is 34.9 Å². The Balaban J connectivity index is 0.00000216. The van der Waals surface area contributed by atoms with Crippen molar-refractivity contribution in [3.05, 3.63) is 92.5 Å². The van der Waals surface area contributed by atoms with Gasteiger partial charge < -0.3 is 9.73 Å². The van der Waals surface area contributed by atoms with E-state index in [2.05, 4.69) is 19.2 Å². The zero-order valence-electron chi connectivity index (χ0n) is 26.0. The van der Waals surface area contributed by atoms with Crippen LogP contribution in [0.2, 0.25) is 0 Å². The van der Waals surface area contributed by atoms with Crippen molar-refractivity contribution in [2.75, 3.05) is 5.75 Å². The fourth-order valence-corrected chi connectivity index (χ4v) is 6.22. The van der Waals surface area contributed by atoms with Crippen molar-refractivity contribution in [2.24, 2.45) is 0 Å². The van der Waals surface area contributed by atoms with Gasteiger partial charge in [-0.3, -0.25) is 24.3 Å². The van der Waals surface area contributed by atoms with Gasteiger partial charge in [-0.25, -0.2) is 4.98 Å². The summed E-state index contributed by atoms with van der Waals surface area (Å²) in [6.07, 6.45) is 6.97. The van der Waals surface area contributed by atoms with Gasteiger partial charge in [0.25, 0.3) is 11.2 Å². The average molecular weight is 617 g/mol. The molecule has 232 valence electrons. The number of benzene rings is 2. The van der Waals surface area contributed by atoms with E-state index in [0.717, 1.165) is 42.4 Å². The summed E-state index contributed by atoms with van der Waals surface area (Å²) < 4.78 is 7.07. The molecule has 4 aromatic rings. The Kier molecular flexibility index (Phi) is 11.2. The number of hydrogen-bond donors (Lipinski definition) is 1. The molecule has 5 rings (SSSR count). The summed E-state index contributed by atoms with van der Waals surface area (Å²) in [6, 6.07) is 15.7. The lowest BCUT2D eigenvalue weighted by atomic mass is 9.91. The molecule has 2 aromatic heterocycles. The van der Waals surface area contributed by atoms with Crippen LogP contribution in [0.15, 0.2) is 75.2 Å². The topological polar surface area (TPSA) is 120 Å². The highest BCUT2D eigenvalue weighted by Crippen LogP contribution is 2.35. The first kappa shape index (κ1) is 32.7. The van der Waals surface area contributed by atoms with Crippen LogP contribution in [0.4, 0.5) is 5.69 Å². The average Bonchev–Trinajstić information content (AvgIpc) is 3.58. The maximum atomic E-state index is 14.0. The fourth-order valence-electron chi connectivity index (χ4n) is 5.40. The lowest BCUT2D eigenvalue weighted by Crippen LogP contribution is -2.37. The summed E-state index contributed by atoms with van der Waals surface area (Å²) in [5.41, 5.74) is 3.73. The number of aromatic nitrogens is 2. The molecule has 0 aliphatic heterocycles. The summed E-state index contributed by atoms with van der Waals surface area (Å²) in [5, 5.41) is 14.7. The second-order valence-electron chi connectivity index (χ2n) is 10.9. The first-order valence-electron chi connectivity index (χ1n) is 15.2. The van der Waals surface area contributed by atoms with Crippen LogP contribution in [0, 0.1) is 17.0 Å². The summed E-state index contributed by atoms with van der Waals surface area (Å²) in [4.78, 5) is 42.7. The van der Waals surface area contributed by atoms with Crippen molar-refractivity contribution in [3.8, 4) is 28.3 Å². The van der Waals surface area contributed by atoms with E-state index in [4.69, 9.17) is 9.40 Å². The monoisotopic (exact) mass is 616 g/mol. The van der Waals surface area contributed by atoms with Gasteiger partial charge in [-0.1, -0.05) is 70.9 Å². The number of non-ortho nitro benzene ring substituents is 1. The molecule has 0 bridgehead atoms. The third-order valence-electron chi connectivity index (χ3n) is 7.64. The summed E-state index contributed by atoms with van der Waals surface area (Å²) in [6.45, 7) is 9.91. The first-order chi connectivity index (χ1) is 21.2. The molecular weight excluding hydrogens is 576 g/mol. The minimum absolute atomic E-state index is 0.0783. The molecule has 1 aliphatic rings. The number of carbonyl (C=O) groups excluding carboxylic acids is 1. The largest absolute Gasteiger partial charge is 0.464 e. The van der Waals surface area contributed by atoms with Gasteiger partial charge in [0.15, 0.2) is 5.16 Å². The van der Waals surface area contributed by atoms with E-state index in [1.165, 1.54) is 47.0 Å². The van der Waals surface area contributed by atoms with Crippen molar-refractivity contribution in [1.29, 1.82) is 0 Å². The highest BCUT2D eigenvalue weighted by molar-refractivity contribution is 7.99. The highest BCUT2D eigenvalue weighted by atomic mass is 32.2. The third-order valence-corrected chi connectivity index (χ3v) is 8.57. The minimum Gasteiger partial charge on any atom is -0.464 e. The molecule has 0 radical (unpaired) electrons. The number of rotatable bonds is 9. The number of hydrogen-bond acceptors (Lipinski definition) is 7. The molecule has 1 saturated carbocycles.